The van der Waals surface area contributed by atoms with Crippen molar-refractivity contribution in [2.24, 2.45) is 0 Å². The molecule has 0 aromatic carbocycles. The van der Waals surface area contributed by atoms with E-state index in [2.05, 4.69) is 22.4 Å². The third kappa shape index (κ3) is 1.72. The van der Waals surface area contributed by atoms with Crippen molar-refractivity contribution in [2.75, 3.05) is 6.54 Å². The zero-order valence-corrected chi connectivity index (χ0v) is 8.36. The number of hydrogen-bond acceptors (Lipinski definition) is 3. The van der Waals surface area contributed by atoms with Crippen LogP contribution >= 0.6 is 0 Å². The first kappa shape index (κ1) is 9.45. The van der Waals surface area contributed by atoms with Crippen LogP contribution in [0.3, 0.4) is 0 Å². The lowest BCUT2D eigenvalue weighted by Crippen LogP contribution is -2.41. The van der Waals surface area contributed by atoms with Crippen LogP contribution in [-0.4, -0.2) is 27.4 Å². The van der Waals surface area contributed by atoms with Gasteiger partial charge in [-0.3, -0.25) is 4.57 Å². The highest BCUT2D eigenvalue weighted by atomic mass is 16.1. The average molecular weight is 196 g/mol. The summed E-state index contributed by atoms with van der Waals surface area (Å²) in [6, 6.07) is 0.584. The summed E-state index contributed by atoms with van der Waals surface area (Å²) in [7, 11) is 0. The van der Waals surface area contributed by atoms with Crippen molar-refractivity contribution in [3.05, 3.63) is 16.8 Å². The van der Waals surface area contributed by atoms with E-state index in [4.69, 9.17) is 0 Å². The third-order valence-electron chi connectivity index (χ3n) is 2.95. The SMILES string of the molecule is CC(C1CCCCN1)n1cn[nH]c1=O. The van der Waals surface area contributed by atoms with Crippen LogP contribution in [0.2, 0.25) is 0 Å². The van der Waals surface area contributed by atoms with E-state index in [-0.39, 0.29) is 11.7 Å². The molecular weight excluding hydrogens is 180 g/mol. The van der Waals surface area contributed by atoms with E-state index in [1.807, 2.05) is 0 Å². The molecule has 2 atom stereocenters. The van der Waals surface area contributed by atoms with Crippen molar-refractivity contribution in [2.45, 2.75) is 38.3 Å². The number of hydrogen-bond donors (Lipinski definition) is 2. The van der Waals surface area contributed by atoms with E-state index in [0.717, 1.165) is 13.0 Å². The molecule has 0 bridgehead atoms. The number of aromatic amines is 1. The van der Waals surface area contributed by atoms with Crippen LogP contribution in [0.4, 0.5) is 0 Å². The molecule has 0 spiro atoms. The molecular formula is C9H16N4O. The molecule has 1 saturated heterocycles. The summed E-state index contributed by atoms with van der Waals surface area (Å²) in [5.41, 5.74) is -0.120. The van der Waals surface area contributed by atoms with Crippen LogP contribution in [0.25, 0.3) is 0 Å². The van der Waals surface area contributed by atoms with Crippen molar-refractivity contribution >= 4 is 0 Å². The number of rotatable bonds is 2. The van der Waals surface area contributed by atoms with E-state index in [0.29, 0.717) is 6.04 Å². The molecule has 1 aromatic heterocycles. The molecule has 0 aliphatic carbocycles. The molecule has 0 amide bonds. The smallest absolute Gasteiger partial charge is 0.312 e. The highest BCUT2D eigenvalue weighted by molar-refractivity contribution is 4.83. The maximum atomic E-state index is 11.3. The molecule has 2 N–H and O–H groups in total. The summed E-state index contributed by atoms with van der Waals surface area (Å²) >= 11 is 0. The first-order valence-electron chi connectivity index (χ1n) is 5.14. The summed E-state index contributed by atoms with van der Waals surface area (Å²) in [5.74, 6) is 0. The molecule has 5 nitrogen and oxygen atoms in total. The lowest BCUT2D eigenvalue weighted by molar-refractivity contribution is 0.304. The second-order valence-corrected chi connectivity index (χ2v) is 3.87. The van der Waals surface area contributed by atoms with Gasteiger partial charge in [-0.05, 0) is 26.3 Å². The minimum absolute atomic E-state index is 0.120. The van der Waals surface area contributed by atoms with Gasteiger partial charge in [-0.25, -0.2) is 9.89 Å². The highest BCUT2D eigenvalue weighted by Gasteiger charge is 2.21. The molecule has 2 unspecified atom stereocenters. The molecule has 1 aliphatic rings. The van der Waals surface area contributed by atoms with Gasteiger partial charge in [0, 0.05) is 6.04 Å². The lowest BCUT2D eigenvalue weighted by Gasteiger charge is -2.28. The average Bonchev–Trinajstić information content (AvgIpc) is 2.65. The summed E-state index contributed by atoms with van der Waals surface area (Å²) in [5, 5.41) is 9.59. The van der Waals surface area contributed by atoms with Crippen LogP contribution < -0.4 is 11.0 Å². The zero-order valence-electron chi connectivity index (χ0n) is 8.36. The monoisotopic (exact) mass is 196 g/mol. The van der Waals surface area contributed by atoms with Gasteiger partial charge in [0.25, 0.3) is 0 Å². The van der Waals surface area contributed by atoms with Gasteiger partial charge in [-0.2, -0.15) is 5.10 Å². The van der Waals surface area contributed by atoms with E-state index in [1.54, 1.807) is 10.9 Å². The van der Waals surface area contributed by atoms with Crippen LogP contribution in [0, 0.1) is 0 Å². The maximum absolute atomic E-state index is 11.3. The Morgan fingerprint density at radius 1 is 1.64 bits per heavy atom. The van der Waals surface area contributed by atoms with Gasteiger partial charge < -0.3 is 5.32 Å². The normalized spacial score (nSPS) is 24.8. The summed E-state index contributed by atoms with van der Waals surface area (Å²) in [6.07, 6.45) is 5.19. The van der Waals surface area contributed by atoms with E-state index in [9.17, 15) is 4.79 Å². The molecule has 1 aromatic rings. The number of aromatic nitrogens is 3. The summed E-state index contributed by atoms with van der Waals surface area (Å²) < 4.78 is 1.66. The van der Waals surface area contributed by atoms with E-state index >= 15 is 0 Å². The standard InChI is InChI=1S/C9H16N4O/c1-7(8-4-2-3-5-10-8)13-6-11-12-9(13)14/h6-8,10H,2-5H2,1H3,(H,12,14). The van der Waals surface area contributed by atoms with E-state index in [1.165, 1.54) is 12.8 Å². The quantitative estimate of drug-likeness (QED) is 0.714. The van der Waals surface area contributed by atoms with Crippen molar-refractivity contribution in [1.82, 2.24) is 20.1 Å². The Morgan fingerprint density at radius 3 is 3.07 bits per heavy atom. The molecule has 1 aliphatic heterocycles. The van der Waals surface area contributed by atoms with Crippen molar-refractivity contribution in [1.29, 1.82) is 0 Å². The molecule has 14 heavy (non-hydrogen) atoms. The van der Waals surface area contributed by atoms with Gasteiger partial charge in [0.2, 0.25) is 0 Å². The maximum Gasteiger partial charge on any atom is 0.343 e. The molecule has 2 rings (SSSR count). The number of H-pyrrole nitrogens is 1. The Kier molecular flexibility index (Phi) is 2.67. The minimum Gasteiger partial charge on any atom is -0.312 e. The Hall–Kier alpha value is -1.10. The van der Waals surface area contributed by atoms with Gasteiger partial charge in [0.05, 0.1) is 6.04 Å². The lowest BCUT2D eigenvalue weighted by atomic mass is 9.99. The fourth-order valence-corrected chi connectivity index (χ4v) is 2.03. The summed E-state index contributed by atoms with van der Waals surface area (Å²) in [4.78, 5) is 11.3. The zero-order chi connectivity index (χ0) is 9.97. The number of piperidine rings is 1. The van der Waals surface area contributed by atoms with E-state index < -0.39 is 0 Å². The predicted molar refractivity (Wildman–Crippen MR) is 53.2 cm³/mol. The van der Waals surface area contributed by atoms with Crippen LogP contribution in [0.15, 0.2) is 11.1 Å². The van der Waals surface area contributed by atoms with Crippen LogP contribution in [0.1, 0.15) is 32.2 Å². The third-order valence-corrected chi connectivity index (χ3v) is 2.95. The second-order valence-electron chi connectivity index (χ2n) is 3.87. The van der Waals surface area contributed by atoms with Crippen molar-refractivity contribution in [3.8, 4) is 0 Å². The Bertz CT molecular complexity index is 337. The molecule has 78 valence electrons. The summed E-state index contributed by atoms with van der Waals surface area (Å²) in [6.45, 7) is 3.11. The van der Waals surface area contributed by atoms with Crippen molar-refractivity contribution < 1.29 is 0 Å². The van der Waals surface area contributed by atoms with Crippen LogP contribution in [0.5, 0.6) is 0 Å². The predicted octanol–water partition coefficient (Wildman–Crippen LogP) is 0.275. The molecule has 0 saturated carbocycles. The number of nitrogens with one attached hydrogen (secondary N) is 2. The fraction of sp³-hybridized carbons (Fsp3) is 0.778. The van der Waals surface area contributed by atoms with Gasteiger partial charge in [0.1, 0.15) is 6.33 Å². The fourth-order valence-electron chi connectivity index (χ4n) is 2.03. The van der Waals surface area contributed by atoms with Gasteiger partial charge in [-0.1, -0.05) is 6.42 Å². The van der Waals surface area contributed by atoms with Crippen LogP contribution in [-0.2, 0) is 0 Å². The number of nitrogens with zero attached hydrogens (tertiary/aromatic N) is 2. The Morgan fingerprint density at radius 2 is 2.50 bits per heavy atom. The van der Waals surface area contributed by atoms with Gasteiger partial charge in [-0.15, -0.1) is 0 Å². The van der Waals surface area contributed by atoms with Gasteiger partial charge in [0.15, 0.2) is 0 Å². The molecule has 0 radical (unpaired) electrons. The molecule has 2 heterocycles. The first-order valence-corrected chi connectivity index (χ1v) is 5.14. The molecule has 1 fully saturated rings. The van der Waals surface area contributed by atoms with Crippen molar-refractivity contribution in [3.63, 3.8) is 0 Å². The Labute approximate surface area is 82.5 Å². The molecule has 5 heteroatoms. The highest BCUT2D eigenvalue weighted by Crippen LogP contribution is 2.17. The van der Waals surface area contributed by atoms with Gasteiger partial charge >= 0.3 is 5.69 Å². The minimum atomic E-state index is -0.120. The largest absolute Gasteiger partial charge is 0.343 e. The second kappa shape index (κ2) is 3.96. The Balaban J connectivity index is 2.11. The first-order chi connectivity index (χ1) is 6.79. The topological polar surface area (TPSA) is 62.7 Å².